The molecule has 1 heterocycles. The lowest BCUT2D eigenvalue weighted by molar-refractivity contribution is -0.143. The molecule has 0 saturated heterocycles. The fourth-order valence-corrected chi connectivity index (χ4v) is 2.91. The van der Waals surface area contributed by atoms with E-state index in [1.807, 2.05) is 24.3 Å². The van der Waals surface area contributed by atoms with E-state index in [-0.39, 0.29) is 23.9 Å². The molecule has 0 unspecified atom stereocenters. The van der Waals surface area contributed by atoms with Crippen LogP contribution in [-0.4, -0.2) is 23.5 Å². The zero-order valence-corrected chi connectivity index (χ0v) is 14.6. The summed E-state index contributed by atoms with van der Waals surface area (Å²) in [6.07, 6.45) is 0.0282. The molecule has 1 aliphatic heterocycles. The van der Waals surface area contributed by atoms with Crippen molar-refractivity contribution in [2.24, 2.45) is 5.16 Å². The van der Waals surface area contributed by atoms with Gasteiger partial charge in [-0.3, -0.25) is 4.79 Å². The van der Waals surface area contributed by atoms with Crippen molar-refractivity contribution in [2.75, 3.05) is 10.8 Å². The molecule has 0 bridgehead atoms. The Labute approximate surface area is 154 Å². The fraction of sp³-hybridized carbons (Fsp3) is 0.167. The molecule has 1 amide bonds. The highest BCUT2D eigenvalue weighted by Gasteiger charge is 2.34. The minimum Gasteiger partial charge on any atom is -0.317 e. The SMILES string of the molecule is O=C(CCCl)O/N=C1/C(=O)N(Cc2cccc(Cl)c2)c2ccccc21. The van der Waals surface area contributed by atoms with Gasteiger partial charge in [0.05, 0.1) is 18.7 Å². The lowest BCUT2D eigenvalue weighted by atomic mass is 10.1. The first-order valence-electron chi connectivity index (χ1n) is 7.59. The molecule has 0 spiro atoms. The molecule has 0 aromatic heterocycles. The van der Waals surface area contributed by atoms with E-state index >= 15 is 0 Å². The summed E-state index contributed by atoms with van der Waals surface area (Å²) >= 11 is 11.5. The maximum atomic E-state index is 12.8. The number of nitrogens with zero attached hydrogens (tertiary/aromatic N) is 2. The van der Waals surface area contributed by atoms with Crippen LogP contribution in [-0.2, 0) is 21.0 Å². The third-order valence-corrected chi connectivity index (χ3v) is 4.09. The van der Waals surface area contributed by atoms with Crippen LogP contribution in [0.5, 0.6) is 0 Å². The van der Waals surface area contributed by atoms with Crippen molar-refractivity contribution in [2.45, 2.75) is 13.0 Å². The molecule has 2 aromatic rings. The minimum atomic E-state index is -0.582. The molecule has 0 atom stereocenters. The van der Waals surface area contributed by atoms with E-state index in [1.54, 1.807) is 29.2 Å². The van der Waals surface area contributed by atoms with Gasteiger partial charge < -0.3 is 9.74 Å². The topological polar surface area (TPSA) is 59.0 Å². The monoisotopic (exact) mass is 376 g/mol. The minimum absolute atomic E-state index is 0.0282. The molecule has 0 aliphatic carbocycles. The molecule has 0 fully saturated rings. The smallest absolute Gasteiger partial charge is 0.317 e. The second kappa shape index (κ2) is 7.68. The number of fused-ring (bicyclic) bond motifs is 1. The van der Waals surface area contributed by atoms with Gasteiger partial charge in [0, 0.05) is 16.5 Å². The van der Waals surface area contributed by atoms with Crippen molar-refractivity contribution in [1.82, 2.24) is 0 Å². The normalized spacial score (nSPS) is 14.7. The molecule has 7 heteroatoms. The van der Waals surface area contributed by atoms with Crippen LogP contribution < -0.4 is 4.90 Å². The number of amides is 1. The first-order valence-corrected chi connectivity index (χ1v) is 8.51. The van der Waals surface area contributed by atoms with Gasteiger partial charge >= 0.3 is 5.97 Å². The number of para-hydroxylation sites is 1. The molecule has 0 saturated carbocycles. The largest absolute Gasteiger partial charge is 0.336 e. The number of halogens is 2. The van der Waals surface area contributed by atoms with Gasteiger partial charge in [0.25, 0.3) is 5.91 Å². The molecule has 5 nitrogen and oxygen atoms in total. The second-order valence-corrected chi connectivity index (χ2v) is 6.19. The Hall–Kier alpha value is -2.37. The van der Waals surface area contributed by atoms with Gasteiger partial charge in [0.1, 0.15) is 0 Å². The van der Waals surface area contributed by atoms with Crippen LogP contribution in [0.4, 0.5) is 5.69 Å². The summed E-state index contributed by atoms with van der Waals surface area (Å²) in [6.45, 7) is 0.338. The quantitative estimate of drug-likeness (QED) is 0.453. The Kier molecular flexibility index (Phi) is 5.36. The number of carbonyl (C=O) groups is 2. The Morgan fingerprint density at radius 3 is 2.72 bits per heavy atom. The summed E-state index contributed by atoms with van der Waals surface area (Å²) in [5.41, 5.74) is 2.31. The summed E-state index contributed by atoms with van der Waals surface area (Å²) in [4.78, 5) is 30.6. The van der Waals surface area contributed by atoms with Gasteiger partial charge in [-0.05, 0) is 23.8 Å². The van der Waals surface area contributed by atoms with Gasteiger partial charge in [-0.15, -0.1) is 11.6 Å². The molecule has 25 heavy (non-hydrogen) atoms. The molecule has 2 aromatic carbocycles. The van der Waals surface area contributed by atoms with Crippen molar-refractivity contribution < 1.29 is 14.4 Å². The highest BCUT2D eigenvalue weighted by Crippen LogP contribution is 2.31. The van der Waals surface area contributed by atoms with E-state index in [2.05, 4.69) is 5.16 Å². The summed E-state index contributed by atoms with van der Waals surface area (Å²) in [6, 6.07) is 14.5. The number of hydrogen-bond donors (Lipinski definition) is 0. The van der Waals surface area contributed by atoms with Gasteiger partial charge in [-0.25, -0.2) is 4.79 Å². The Morgan fingerprint density at radius 2 is 1.96 bits per heavy atom. The molecule has 0 N–H and O–H groups in total. The van der Waals surface area contributed by atoms with Crippen LogP contribution in [0.25, 0.3) is 0 Å². The maximum absolute atomic E-state index is 12.8. The van der Waals surface area contributed by atoms with Crippen LogP contribution >= 0.6 is 23.2 Å². The summed E-state index contributed by atoms with van der Waals surface area (Å²) in [5.74, 6) is -0.782. The van der Waals surface area contributed by atoms with E-state index in [0.29, 0.717) is 22.8 Å². The van der Waals surface area contributed by atoms with E-state index in [1.165, 1.54) is 0 Å². The molecule has 3 rings (SSSR count). The zero-order chi connectivity index (χ0) is 17.8. The summed E-state index contributed by atoms with van der Waals surface area (Å²) in [7, 11) is 0. The van der Waals surface area contributed by atoms with Crippen molar-refractivity contribution in [1.29, 1.82) is 0 Å². The number of hydrogen-bond acceptors (Lipinski definition) is 4. The van der Waals surface area contributed by atoms with E-state index < -0.39 is 5.97 Å². The van der Waals surface area contributed by atoms with Gasteiger partial charge in [0.15, 0.2) is 5.71 Å². The molecule has 0 radical (unpaired) electrons. The van der Waals surface area contributed by atoms with Gasteiger partial charge in [-0.2, -0.15) is 0 Å². The number of anilines is 1. The Morgan fingerprint density at radius 1 is 1.16 bits per heavy atom. The van der Waals surface area contributed by atoms with Gasteiger partial charge in [0.2, 0.25) is 0 Å². The highest BCUT2D eigenvalue weighted by molar-refractivity contribution is 6.54. The summed E-state index contributed by atoms with van der Waals surface area (Å²) in [5, 5.41) is 4.36. The van der Waals surface area contributed by atoms with Crippen LogP contribution in [0.3, 0.4) is 0 Å². The van der Waals surface area contributed by atoms with Crippen molar-refractivity contribution in [3.63, 3.8) is 0 Å². The maximum Gasteiger partial charge on any atom is 0.336 e. The molecule has 128 valence electrons. The molecular formula is C18H14Cl2N2O3. The predicted molar refractivity (Wildman–Crippen MR) is 97.1 cm³/mol. The van der Waals surface area contributed by atoms with Crippen molar-refractivity contribution in [3.05, 3.63) is 64.7 Å². The predicted octanol–water partition coefficient (Wildman–Crippen LogP) is 3.76. The van der Waals surface area contributed by atoms with E-state index in [0.717, 1.165) is 5.56 Å². The van der Waals surface area contributed by atoms with Crippen LogP contribution in [0, 0.1) is 0 Å². The van der Waals surface area contributed by atoms with Crippen LogP contribution in [0.15, 0.2) is 53.7 Å². The van der Waals surface area contributed by atoms with Crippen molar-refractivity contribution in [3.8, 4) is 0 Å². The molecule has 1 aliphatic rings. The highest BCUT2D eigenvalue weighted by atomic mass is 35.5. The van der Waals surface area contributed by atoms with Gasteiger partial charge in [-0.1, -0.05) is 47.1 Å². The number of carbonyl (C=O) groups excluding carboxylic acids is 2. The molecular weight excluding hydrogens is 363 g/mol. The van der Waals surface area contributed by atoms with E-state index in [9.17, 15) is 9.59 Å². The zero-order valence-electron chi connectivity index (χ0n) is 13.1. The third-order valence-electron chi connectivity index (χ3n) is 3.66. The van der Waals surface area contributed by atoms with Crippen molar-refractivity contribution >= 4 is 46.5 Å². The Bertz CT molecular complexity index is 852. The van der Waals surface area contributed by atoms with Crippen LogP contribution in [0.1, 0.15) is 17.5 Å². The number of benzene rings is 2. The standard InChI is InChI=1S/C18H14Cl2N2O3/c19-9-8-16(23)25-21-17-14-6-1-2-7-15(14)22(18(17)24)11-12-4-3-5-13(20)10-12/h1-7,10H,8-9,11H2/b21-17+. The average molecular weight is 377 g/mol. The third kappa shape index (κ3) is 3.83. The Balaban J connectivity index is 1.90. The number of rotatable bonds is 5. The first-order chi connectivity index (χ1) is 12.1. The average Bonchev–Trinajstić information content (AvgIpc) is 2.85. The lowest BCUT2D eigenvalue weighted by Gasteiger charge is -2.16. The fourth-order valence-electron chi connectivity index (χ4n) is 2.54. The van der Waals surface area contributed by atoms with Crippen LogP contribution in [0.2, 0.25) is 5.02 Å². The van der Waals surface area contributed by atoms with E-state index in [4.69, 9.17) is 28.0 Å². The first kappa shape index (κ1) is 17.5. The number of alkyl halides is 1. The second-order valence-electron chi connectivity index (χ2n) is 5.38. The lowest BCUT2D eigenvalue weighted by Crippen LogP contribution is -2.29. The summed E-state index contributed by atoms with van der Waals surface area (Å²) < 4.78 is 0. The number of oxime groups is 1.